The Morgan fingerprint density at radius 2 is 1.77 bits per heavy atom. The van der Waals surface area contributed by atoms with Crippen molar-refractivity contribution in [2.24, 2.45) is 0 Å². The molecule has 1 saturated heterocycles. The quantitative estimate of drug-likeness (QED) is 0.410. The number of benzene rings is 2. The van der Waals surface area contributed by atoms with Crippen molar-refractivity contribution in [3.63, 3.8) is 0 Å². The first-order valence-electron chi connectivity index (χ1n) is 11.1. The molecule has 0 saturated carbocycles. The molecule has 0 aliphatic carbocycles. The summed E-state index contributed by atoms with van der Waals surface area (Å²) in [5.41, 5.74) is 4.81. The molecule has 0 spiro atoms. The summed E-state index contributed by atoms with van der Waals surface area (Å²) in [6, 6.07) is 15.6. The third-order valence-electron chi connectivity index (χ3n) is 5.74. The van der Waals surface area contributed by atoms with Gasteiger partial charge in [0.1, 0.15) is 5.69 Å². The highest BCUT2D eigenvalue weighted by molar-refractivity contribution is 7.85. The Morgan fingerprint density at radius 1 is 1.06 bits per heavy atom. The summed E-state index contributed by atoms with van der Waals surface area (Å²) < 4.78 is 24.0. The highest BCUT2D eigenvalue weighted by Crippen LogP contribution is 2.28. The van der Waals surface area contributed by atoms with Crippen LogP contribution < -0.4 is 5.32 Å². The number of ether oxygens (including phenoxy) is 1. The zero-order valence-electron chi connectivity index (χ0n) is 19.5. The fraction of sp³-hybridized carbons (Fsp3) is 0.280. The zero-order valence-corrected chi connectivity index (χ0v) is 20.3. The summed E-state index contributed by atoms with van der Waals surface area (Å²) in [6.07, 6.45) is 2.54. The van der Waals surface area contributed by atoms with Crippen molar-refractivity contribution in [2.75, 3.05) is 20.3 Å². The number of rotatable bonds is 7. The third-order valence-corrected chi connectivity index (χ3v) is 7.45. The maximum absolute atomic E-state index is 12.7. The lowest BCUT2D eigenvalue weighted by molar-refractivity contribution is 0.199. The van der Waals surface area contributed by atoms with Gasteiger partial charge >= 0.3 is 0 Å². The van der Waals surface area contributed by atoms with E-state index < -0.39 is 10.8 Å². The van der Waals surface area contributed by atoms with E-state index in [1.807, 2.05) is 62.5 Å². The van der Waals surface area contributed by atoms with Crippen molar-refractivity contribution in [1.82, 2.24) is 25.5 Å². The molecule has 2 unspecified atom stereocenters. The minimum atomic E-state index is -1.08. The topological polar surface area (TPSA) is 135 Å². The van der Waals surface area contributed by atoms with Crippen LogP contribution in [0.25, 0.3) is 34.3 Å². The molecule has 9 nitrogen and oxygen atoms in total. The predicted molar refractivity (Wildman–Crippen MR) is 137 cm³/mol. The van der Waals surface area contributed by atoms with Crippen LogP contribution in [0.4, 0.5) is 0 Å². The Kier molecular flexibility index (Phi) is 7.76. The van der Waals surface area contributed by atoms with Gasteiger partial charge in [-0.15, -0.1) is 10.2 Å². The van der Waals surface area contributed by atoms with E-state index in [4.69, 9.17) is 14.1 Å². The predicted octanol–water partition coefficient (Wildman–Crippen LogP) is 3.45. The fourth-order valence-corrected chi connectivity index (χ4v) is 5.15. The van der Waals surface area contributed by atoms with Gasteiger partial charge in [0.05, 0.1) is 40.2 Å². The Balaban J connectivity index is 0.00000160. The summed E-state index contributed by atoms with van der Waals surface area (Å²) in [5.74, 6) is 0.750. The van der Waals surface area contributed by atoms with Gasteiger partial charge < -0.3 is 19.9 Å². The summed E-state index contributed by atoms with van der Waals surface area (Å²) in [5, 5.41) is 11.6. The molecule has 2 atom stereocenters. The van der Waals surface area contributed by atoms with E-state index in [0.29, 0.717) is 42.1 Å². The average molecular weight is 498 g/mol. The third kappa shape index (κ3) is 5.35. The van der Waals surface area contributed by atoms with Crippen LogP contribution in [0.1, 0.15) is 20.5 Å². The Hall–Kier alpha value is -3.31. The Bertz CT molecular complexity index is 1310. The van der Waals surface area contributed by atoms with Crippen LogP contribution in [-0.2, 0) is 22.1 Å². The van der Waals surface area contributed by atoms with Gasteiger partial charge in [0.2, 0.25) is 5.89 Å². The first kappa shape index (κ1) is 24.8. The molecule has 3 N–H and O–H groups in total. The summed E-state index contributed by atoms with van der Waals surface area (Å²) >= 11 is 0. The van der Waals surface area contributed by atoms with Crippen LogP contribution in [0, 0.1) is 6.92 Å². The van der Waals surface area contributed by atoms with E-state index in [0.717, 1.165) is 29.0 Å². The molecular formula is C25H31N5O4S. The van der Waals surface area contributed by atoms with Crippen LogP contribution >= 0.6 is 0 Å². The van der Waals surface area contributed by atoms with Gasteiger partial charge in [-0.05, 0) is 50.2 Å². The normalized spacial score (nSPS) is 16.1. The highest BCUT2D eigenvalue weighted by atomic mass is 32.2. The van der Waals surface area contributed by atoms with Gasteiger partial charge in [0.15, 0.2) is 0 Å². The molecule has 0 radical (unpaired) electrons. The number of hydrogen-bond acceptors (Lipinski definition) is 8. The van der Waals surface area contributed by atoms with Crippen molar-refractivity contribution >= 4 is 10.8 Å². The minimum absolute atomic E-state index is 0. The van der Waals surface area contributed by atoms with Gasteiger partial charge in [0.25, 0.3) is 5.89 Å². The second kappa shape index (κ2) is 11.0. The zero-order chi connectivity index (χ0) is 23.5. The van der Waals surface area contributed by atoms with E-state index in [1.54, 1.807) is 6.20 Å². The standard InChI is InChI=1S/C25H25N5O3S.H2O.2H2/c1-16-23(25-30-29-24(33-25)19-5-3-17(4-6-19)13-26-2)28-22(14-27-16)18-7-9-20(10-8-18)34(31)21-11-12-32-15-21;;;/h3-10,14,21,26H,11-13,15H2,1-2H3;1H2;2*1H. The largest absolute Gasteiger partial charge is 0.415 e. The number of nitrogens with one attached hydrogen (secondary N) is 1. The van der Waals surface area contributed by atoms with E-state index >= 15 is 0 Å². The van der Waals surface area contributed by atoms with Gasteiger partial charge in [-0.2, -0.15) is 0 Å². The minimum Gasteiger partial charge on any atom is -0.415 e. The van der Waals surface area contributed by atoms with Gasteiger partial charge in [-0.25, -0.2) is 4.98 Å². The second-order valence-corrected chi connectivity index (χ2v) is 9.87. The Morgan fingerprint density at radius 3 is 2.46 bits per heavy atom. The summed E-state index contributed by atoms with van der Waals surface area (Å²) in [7, 11) is 0.836. The lowest BCUT2D eigenvalue weighted by Gasteiger charge is -2.09. The summed E-state index contributed by atoms with van der Waals surface area (Å²) in [4.78, 5) is 10.0. The second-order valence-electron chi connectivity index (χ2n) is 8.14. The van der Waals surface area contributed by atoms with Crippen molar-refractivity contribution < 1.29 is 21.7 Å². The molecule has 3 heterocycles. The molecule has 1 fully saturated rings. The molecule has 5 rings (SSSR count). The van der Waals surface area contributed by atoms with Crippen LogP contribution in [0.15, 0.2) is 64.0 Å². The maximum Gasteiger partial charge on any atom is 0.268 e. The summed E-state index contributed by atoms with van der Waals surface area (Å²) in [6.45, 7) is 3.88. The monoisotopic (exact) mass is 497 g/mol. The fourth-order valence-electron chi connectivity index (χ4n) is 3.83. The number of hydrogen-bond donors (Lipinski definition) is 1. The van der Waals surface area contributed by atoms with Crippen LogP contribution in [0.5, 0.6) is 0 Å². The molecule has 2 aromatic heterocycles. The van der Waals surface area contributed by atoms with E-state index in [1.165, 1.54) is 5.56 Å². The molecule has 0 amide bonds. The first-order valence-corrected chi connectivity index (χ1v) is 12.3. The van der Waals surface area contributed by atoms with Crippen LogP contribution in [-0.4, -0.2) is 55.4 Å². The van der Waals surface area contributed by atoms with E-state index in [-0.39, 0.29) is 13.6 Å². The first-order chi connectivity index (χ1) is 16.6. The van der Waals surface area contributed by atoms with Crippen molar-refractivity contribution in [2.45, 2.75) is 30.0 Å². The van der Waals surface area contributed by atoms with Gasteiger partial charge in [-0.3, -0.25) is 9.19 Å². The molecule has 10 heteroatoms. The van der Waals surface area contributed by atoms with Crippen LogP contribution in [0.3, 0.4) is 0 Å². The molecule has 4 aromatic rings. The Labute approximate surface area is 208 Å². The lowest BCUT2D eigenvalue weighted by atomic mass is 10.1. The number of aryl methyl sites for hydroxylation is 1. The van der Waals surface area contributed by atoms with Crippen molar-refractivity contribution in [1.29, 1.82) is 0 Å². The number of nitrogens with zero attached hydrogens (tertiary/aromatic N) is 4. The molecule has 2 aromatic carbocycles. The molecule has 35 heavy (non-hydrogen) atoms. The molecular weight excluding hydrogens is 466 g/mol. The SMILES string of the molecule is CNCc1ccc(-c2nnc(-c3nc(-c4ccc(S(=O)C5CCOC5)cc4)cnc3C)o2)cc1.O.[HH].[HH]. The highest BCUT2D eigenvalue weighted by Gasteiger charge is 2.23. The maximum atomic E-state index is 12.7. The molecule has 186 valence electrons. The van der Waals surface area contributed by atoms with Gasteiger partial charge in [0, 0.05) is 32.0 Å². The average Bonchev–Trinajstić information content (AvgIpc) is 3.58. The van der Waals surface area contributed by atoms with Crippen molar-refractivity contribution in [3.8, 4) is 34.3 Å². The smallest absolute Gasteiger partial charge is 0.268 e. The molecule has 0 bridgehead atoms. The van der Waals surface area contributed by atoms with Crippen molar-refractivity contribution in [3.05, 3.63) is 66.0 Å². The molecule has 1 aliphatic rings. The van der Waals surface area contributed by atoms with E-state index in [2.05, 4.69) is 20.5 Å². The number of aromatic nitrogens is 4. The van der Waals surface area contributed by atoms with Gasteiger partial charge in [-0.1, -0.05) is 24.3 Å². The lowest BCUT2D eigenvalue weighted by Crippen LogP contribution is -2.14. The van der Waals surface area contributed by atoms with E-state index in [9.17, 15) is 4.21 Å². The van der Waals surface area contributed by atoms with Crippen LogP contribution in [0.2, 0.25) is 0 Å². The molecule has 1 aliphatic heterocycles.